The maximum atomic E-state index is 12.1. The molecule has 24 heavy (non-hydrogen) atoms. The number of carbonyl (C=O) groups excluding carboxylic acids is 1. The SMILES string of the molecule is O=C(NCCNc1ccccc1[N+](=O)[O-])C1Cc2ccccc2O1. The fraction of sp³-hybridized carbons (Fsp3) is 0.235. The van der Waals surface area contributed by atoms with Crippen LogP contribution < -0.4 is 15.4 Å². The number of ether oxygens (including phenoxy) is 1. The van der Waals surface area contributed by atoms with Crippen LogP contribution in [-0.4, -0.2) is 30.0 Å². The van der Waals surface area contributed by atoms with Crippen LogP contribution in [0.25, 0.3) is 0 Å². The number of carbonyl (C=O) groups is 1. The number of nitro benzene ring substituents is 1. The molecule has 0 aliphatic carbocycles. The third-order valence-electron chi connectivity index (χ3n) is 3.78. The molecule has 0 saturated carbocycles. The van der Waals surface area contributed by atoms with Gasteiger partial charge in [0, 0.05) is 25.6 Å². The van der Waals surface area contributed by atoms with Gasteiger partial charge in [-0.2, -0.15) is 0 Å². The van der Waals surface area contributed by atoms with Crippen LogP contribution in [0.5, 0.6) is 5.75 Å². The van der Waals surface area contributed by atoms with Crippen molar-refractivity contribution in [2.75, 3.05) is 18.4 Å². The highest BCUT2D eigenvalue weighted by atomic mass is 16.6. The number of benzene rings is 2. The lowest BCUT2D eigenvalue weighted by molar-refractivity contribution is -0.384. The van der Waals surface area contributed by atoms with E-state index in [0.29, 0.717) is 25.2 Å². The van der Waals surface area contributed by atoms with Gasteiger partial charge in [-0.05, 0) is 17.7 Å². The molecule has 1 aliphatic rings. The number of anilines is 1. The van der Waals surface area contributed by atoms with Gasteiger partial charge in [-0.15, -0.1) is 0 Å². The predicted octanol–water partition coefficient (Wildman–Crippen LogP) is 2.13. The summed E-state index contributed by atoms with van der Waals surface area (Å²) >= 11 is 0. The topological polar surface area (TPSA) is 93.5 Å². The van der Waals surface area contributed by atoms with Crippen molar-refractivity contribution in [2.45, 2.75) is 12.5 Å². The van der Waals surface area contributed by atoms with E-state index in [4.69, 9.17) is 4.74 Å². The van der Waals surface area contributed by atoms with E-state index in [1.807, 2.05) is 24.3 Å². The monoisotopic (exact) mass is 327 g/mol. The third kappa shape index (κ3) is 3.45. The van der Waals surface area contributed by atoms with Gasteiger partial charge in [-0.1, -0.05) is 30.3 Å². The van der Waals surface area contributed by atoms with Gasteiger partial charge in [0.05, 0.1) is 4.92 Å². The van der Waals surface area contributed by atoms with Crippen molar-refractivity contribution in [2.24, 2.45) is 0 Å². The van der Waals surface area contributed by atoms with E-state index >= 15 is 0 Å². The Hall–Kier alpha value is -3.09. The Morgan fingerprint density at radius 2 is 1.92 bits per heavy atom. The molecule has 1 atom stereocenters. The number of hydrogen-bond donors (Lipinski definition) is 2. The minimum atomic E-state index is -0.520. The summed E-state index contributed by atoms with van der Waals surface area (Å²) in [6.45, 7) is 0.733. The van der Waals surface area contributed by atoms with Gasteiger partial charge in [-0.25, -0.2) is 0 Å². The van der Waals surface area contributed by atoms with Gasteiger partial charge in [0.25, 0.3) is 11.6 Å². The van der Waals surface area contributed by atoms with Crippen LogP contribution in [0.2, 0.25) is 0 Å². The summed E-state index contributed by atoms with van der Waals surface area (Å²) in [6.07, 6.45) is 0.0352. The van der Waals surface area contributed by atoms with E-state index in [0.717, 1.165) is 11.3 Å². The van der Waals surface area contributed by atoms with Crippen LogP contribution in [0.3, 0.4) is 0 Å². The Labute approximate surface area is 138 Å². The van der Waals surface area contributed by atoms with Gasteiger partial charge in [-0.3, -0.25) is 14.9 Å². The molecule has 0 bridgehead atoms. The zero-order chi connectivity index (χ0) is 16.9. The second kappa shape index (κ2) is 6.99. The number of nitrogens with zero attached hydrogens (tertiary/aromatic N) is 1. The second-order valence-corrected chi connectivity index (χ2v) is 5.41. The van der Waals surface area contributed by atoms with E-state index in [1.54, 1.807) is 18.2 Å². The van der Waals surface area contributed by atoms with Crippen molar-refractivity contribution in [3.8, 4) is 5.75 Å². The third-order valence-corrected chi connectivity index (χ3v) is 3.78. The maximum Gasteiger partial charge on any atom is 0.292 e. The molecule has 0 fully saturated rings. The largest absolute Gasteiger partial charge is 0.480 e. The highest BCUT2D eigenvalue weighted by Crippen LogP contribution is 2.28. The quantitative estimate of drug-likeness (QED) is 0.481. The van der Waals surface area contributed by atoms with Crippen molar-refractivity contribution >= 4 is 17.3 Å². The van der Waals surface area contributed by atoms with E-state index in [1.165, 1.54) is 6.07 Å². The molecule has 2 aromatic carbocycles. The Bertz CT molecular complexity index is 738. The molecule has 3 rings (SSSR count). The average molecular weight is 327 g/mol. The van der Waals surface area contributed by atoms with Crippen LogP contribution in [0.4, 0.5) is 11.4 Å². The number of rotatable bonds is 6. The van der Waals surface area contributed by atoms with Crippen LogP contribution >= 0.6 is 0 Å². The Balaban J connectivity index is 1.46. The average Bonchev–Trinajstić information content (AvgIpc) is 3.03. The molecular formula is C17H17N3O4. The summed E-state index contributed by atoms with van der Waals surface area (Å²) in [7, 11) is 0. The van der Waals surface area contributed by atoms with Crippen molar-refractivity contribution in [3.63, 3.8) is 0 Å². The lowest BCUT2D eigenvalue weighted by Crippen LogP contribution is -2.39. The Morgan fingerprint density at radius 3 is 2.71 bits per heavy atom. The Morgan fingerprint density at radius 1 is 1.17 bits per heavy atom. The summed E-state index contributed by atoms with van der Waals surface area (Å²) in [4.78, 5) is 22.6. The molecular weight excluding hydrogens is 310 g/mol. The number of nitro groups is 1. The van der Waals surface area contributed by atoms with E-state index in [9.17, 15) is 14.9 Å². The first-order valence-electron chi connectivity index (χ1n) is 7.64. The molecule has 124 valence electrons. The molecule has 1 aliphatic heterocycles. The lowest BCUT2D eigenvalue weighted by atomic mass is 10.1. The standard InChI is InChI=1S/C17H17N3O4/c21-17(16-11-12-5-1-4-8-15(12)24-16)19-10-9-18-13-6-2-3-7-14(13)20(22)23/h1-8,16,18H,9-11H2,(H,19,21). The smallest absolute Gasteiger partial charge is 0.292 e. The van der Waals surface area contributed by atoms with Crippen LogP contribution in [0.1, 0.15) is 5.56 Å². The maximum absolute atomic E-state index is 12.1. The second-order valence-electron chi connectivity index (χ2n) is 5.41. The van der Waals surface area contributed by atoms with Gasteiger partial charge in [0.1, 0.15) is 11.4 Å². The highest BCUT2D eigenvalue weighted by molar-refractivity contribution is 5.82. The van der Waals surface area contributed by atoms with Crippen molar-refractivity contribution in [1.29, 1.82) is 0 Å². The first kappa shape index (κ1) is 15.8. The number of nitrogens with one attached hydrogen (secondary N) is 2. The first-order chi connectivity index (χ1) is 11.6. The first-order valence-corrected chi connectivity index (χ1v) is 7.64. The van der Waals surface area contributed by atoms with Gasteiger partial charge in [0.15, 0.2) is 6.10 Å². The highest BCUT2D eigenvalue weighted by Gasteiger charge is 2.28. The molecule has 0 saturated heterocycles. The number of fused-ring (bicyclic) bond motifs is 1. The van der Waals surface area contributed by atoms with Crippen molar-refractivity contribution < 1.29 is 14.5 Å². The molecule has 2 aromatic rings. The van der Waals surface area contributed by atoms with E-state index in [-0.39, 0.29) is 11.6 Å². The minimum absolute atomic E-state index is 0.0124. The summed E-state index contributed by atoms with van der Waals surface area (Å²) in [5, 5.41) is 16.7. The summed E-state index contributed by atoms with van der Waals surface area (Å²) in [6, 6.07) is 14.0. The number of amides is 1. The van der Waals surface area contributed by atoms with E-state index in [2.05, 4.69) is 10.6 Å². The number of hydrogen-bond acceptors (Lipinski definition) is 5. The van der Waals surface area contributed by atoms with E-state index < -0.39 is 11.0 Å². The Kier molecular flexibility index (Phi) is 4.60. The van der Waals surface area contributed by atoms with Gasteiger partial charge < -0.3 is 15.4 Å². The van der Waals surface area contributed by atoms with Crippen LogP contribution in [0, 0.1) is 10.1 Å². The molecule has 2 N–H and O–H groups in total. The van der Waals surface area contributed by atoms with Crippen LogP contribution in [-0.2, 0) is 11.2 Å². The van der Waals surface area contributed by atoms with Gasteiger partial charge in [0.2, 0.25) is 0 Å². The van der Waals surface area contributed by atoms with Crippen LogP contribution in [0.15, 0.2) is 48.5 Å². The minimum Gasteiger partial charge on any atom is -0.480 e. The molecule has 0 radical (unpaired) electrons. The fourth-order valence-electron chi connectivity index (χ4n) is 2.61. The summed E-state index contributed by atoms with van der Waals surface area (Å²) in [5.41, 5.74) is 1.47. The predicted molar refractivity (Wildman–Crippen MR) is 89.2 cm³/mol. The molecule has 0 aromatic heterocycles. The normalized spacial score (nSPS) is 15.2. The lowest BCUT2D eigenvalue weighted by Gasteiger charge is -2.12. The molecule has 7 heteroatoms. The zero-order valence-electron chi connectivity index (χ0n) is 12.9. The number of para-hydroxylation sites is 3. The van der Waals surface area contributed by atoms with Gasteiger partial charge >= 0.3 is 0 Å². The van der Waals surface area contributed by atoms with Crippen molar-refractivity contribution in [3.05, 3.63) is 64.2 Å². The molecule has 0 spiro atoms. The molecule has 7 nitrogen and oxygen atoms in total. The molecule has 1 unspecified atom stereocenters. The fourth-order valence-corrected chi connectivity index (χ4v) is 2.61. The molecule has 1 amide bonds. The summed E-state index contributed by atoms with van der Waals surface area (Å²) in [5.74, 6) is 0.561. The summed E-state index contributed by atoms with van der Waals surface area (Å²) < 4.78 is 5.61. The zero-order valence-corrected chi connectivity index (χ0v) is 12.9. The molecule has 1 heterocycles. The van der Waals surface area contributed by atoms with Crippen molar-refractivity contribution in [1.82, 2.24) is 5.32 Å².